The van der Waals surface area contributed by atoms with Crippen molar-refractivity contribution in [2.45, 2.75) is 0 Å². The van der Waals surface area contributed by atoms with Crippen LogP contribution >= 0.6 is 39.1 Å². The molecule has 2 aliphatic rings. The molecule has 0 aromatic heterocycles. The van der Waals surface area contributed by atoms with Gasteiger partial charge in [-0.1, -0.05) is 51.3 Å². The first-order valence-corrected chi connectivity index (χ1v) is 10.2. The van der Waals surface area contributed by atoms with E-state index in [2.05, 4.69) is 15.9 Å². The Kier molecular flexibility index (Phi) is 5.31. The summed E-state index contributed by atoms with van der Waals surface area (Å²) in [6, 6.07) is 11.8. The lowest BCUT2D eigenvalue weighted by atomic mass is 10.00. The molecule has 2 aromatic rings. The first kappa shape index (κ1) is 19.6. The third kappa shape index (κ3) is 3.62. The summed E-state index contributed by atoms with van der Waals surface area (Å²) >= 11 is 15.4. The van der Waals surface area contributed by atoms with Gasteiger partial charge in [0.25, 0.3) is 0 Å². The monoisotopic (exact) mass is 480 g/mol. The number of carbonyl (C=O) groups is 3. The van der Waals surface area contributed by atoms with Gasteiger partial charge in [-0.15, -0.1) is 0 Å². The summed E-state index contributed by atoms with van der Waals surface area (Å²) in [5.74, 6) is -1.49. The van der Waals surface area contributed by atoms with E-state index in [0.717, 1.165) is 4.47 Å². The Labute approximate surface area is 180 Å². The Hall–Kier alpha value is -1.73. The summed E-state index contributed by atoms with van der Waals surface area (Å²) < 4.78 is 0.900. The fourth-order valence-electron chi connectivity index (χ4n) is 3.81. The molecule has 5 nitrogen and oxygen atoms in total. The molecule has 2 aromatic carbocycles. The third-order valence-corrected chi connectivity index (χ3v) is 6.07. The molecule has 0 spiro atoms. The van der Waals surface area contributed by atoms with Gasteiger partial charge in [0.1, 0.15) is 0 Å². The zero-order valence-electron chi connectivity index (χ0n) is 14.6. The fourth-order valence-corrected chi connectivity index (χ4v) is 4.59. The number of halogens is 3. The third-order valence-electron chi connectivity index (χ3n) is 5.11. The lowest BCUT2D eigenvalue weighted by molar-refractivity contribution is -0.123. The molecule has 0 radical (unpaired) electrons. The second-order valence-electron chi connectivity index (χ2n) is 6.98. The molecule has 0 unspecified atom stereocenters. The number of hydrogen-bond donors (Lipinski definition) is 0. The SMILES string of the molecule is O=C(CN1C[C@@H]2C(=O)N(c3cc(Cl)cc(Cl)c3)C(=O)[C@@H]2C1)c1ccc(Br)cc1. The van der Waals surface area contributed by atoms with Crippen LogP contribution in [-0.4, -0.2) is 42.1 Å². The maximum Gasteiger partial charge on any atom is 0.239 e. The van der Waals surface area contributed by atoms with Crippen molar-refractivity contribution in [1.29, 1.82) is 0 Å². The highest BCUT2D eigenvalue weighted by atomic mass is 79.9. The summed E-state index contributed by atoms with van der Waals surface area (Å²) in [5, 5.41) is 0.726. The van der Waals surface area contributed by atoms with Crippen molar-refractivity contribution in [3.05, 3.63) is 62.5 Å². The van der Waals surface area contributed by atoms with Crippen LogP contribution in [0, 0.1) is 11.8 Å². The van der Waals surface area contributed by atoms with Gasteiger partial charge in [0.2, 0.25) is 11.8 Å². The van der Waals surface area contributed by atoms with E-state index in [0.29, 0.717) is 34.4 Å². The number of fused-ring (bicyclic) bond motifs is 1. The number of imide groups is 1. The number of amides is 2. The lowest BCUT2D eigenvalue weighted by Gasteiger charge is -2.20. The van der Waals surface area contributed by atoms with Crippen LogP contribution in [0.2, 0.25) is 10.0 Å². The number of benzene rings is 2. The summed E-state index contributed by atoms with van der Waals surface area (Å²) in [4.78, 5) is 41.3. The molecule has 2 fully saturated rings. The van der Waals surface area contributed by atoms with Crippen LogP contribution < -0.4 is 4.90 Å². The number of anilines is 1. The van der Waals surface area contributed by atoms with E-state index in [1.807, 2.05) is 17.0 Å². The van der Waals surface area contributed by atoms with Gasteiger partial charge >= 0.3 is 0 Å². The van der Waals surface area contributed by atoms with Crippen LogP contribution in [0.3, 0.4) is 0 Å². The molecule has 2 saturated heterocycles. The van der Waals surface area contributed by atoms with Crippen molar-refractivity contribution in [2.75, 3.05) is 24.5 Å². The highest BCUT2D eigenvalue weighted by Crippen LogP contribution is 2.37. The Bertz CT molecular complexity index is 936. The van der Waals surface area contributed by atoms with Gasteiger partial charge in [0.05, 0.1) is 24.1 Å². The van der Waals surface area contributed by atoms with E-state index >= 15 is 0 Å². The van der Waals surface area contributed by atoms with Gasteiger partial charge in [-0.25, -0.2) is 4.90 Å². The van der Waals surface area contributed by atoms with Gasteiger partial charge in [-0.05, 0) is 30.3 Å². The van der Waals surface area contributed by atoms with Crippen LogP contribution in [0.25, 0.3) is 0 Å². The molecule has 144 valence electrons. The Morgan fingerprint density at radius 1 is 0.964 bits per heavy atom. The number of carbonyl (C=O) groups excluding carboxylic acids is 3. The minimum Gasteiger partial charge on any atom is -0.294 e. The average molecular weight is 482 g/mol. The molecule has 0 saturated carbocycles. The standard InChI is InChI=1S/C20H15BrCl2N2O3/c21-12-3-1-11(2-4-12)18(26)10-24-8-16-17(9-24)20(28)25(19(16)27)15-6-13(22)5-14(23)7-15/h1-7,16-17H,8-10H2/t16-,17+. The molecule has 0 bridgehead atoms. The molecule has 2 atom stereocenters. The first-order valence-electron chi connectivity index (χ1n) is 8.68. The van der Waals surface area contributed by atoms with E-state index < -0.39 is 11.8 Å². The highest BCUT2D eigenvalue weighted by molar-refractivity contribution is 9.10. The molecule has 4 rings (SSSR count). The second kappa shape index (κ2) is 7.59. The molecule has 28 heavy (non-hydrogen) atoms. The van der Waals surface area contributed by atoms with Gasteiger partial charge in [0, 0.05) is 33.2 Å². The number of likely N-dealkylation sites (tertiary alicyclic amines) is 1. The van der Waals surface area contributed by atoms with Crippen LogP contribution in [0.1, 0.15) is 10.4 Å². The van der Waals surface area contributed by atoms with Gasteiger partial charge in [-0.3, -0.25) is 19.3 Å². The van der Waals surface area contributed by atoms with Gasteiger partial charge in [0.15, 0.2) is 5.78 Å². The smallest absolute Gasteiger partial charge is 0.239 e. The fraction of sp³-hybridized carbons (Fsp3) is 0.250. The summed E-state index contributed by atoms with van der Waals surface area (Å²) in [7, 11) is 0. The molecular weight excluding hydrogens is 467 g/mol. The number of Topliss-reactive ketones (excluding diaryl/α,β-unsaturated/α-hetero) is 1. The van der Waals surface area contributed by atoms with Crippen LogP contribution in [-0.2, 0) is 9.59 Å². The summed E-state index contributed by atoms with van der Waals surface area (Å²) in [6.07, 6.45) is 0. The molecular formula is C20H15BrCl2N2O3. The predicted molar refractivity (Wildman–Crippen MR) is 111 cm³/mol. The minimum absolute atomic E-state index is 0.0362. The molecule has 0 N–H and O–H groups in total. The van der Waals surface area contributed by atoms with Crippen LogP contribution in [0.5, 0.6) is 0 Å². The molecule has 2 heterocycles. The average Bonchev–Trinajstić information content (AvgIpc) is 3.14. The molecule has 2 aliphatic heterocycles. The van der Waals surface area contributed by atoms with Crippen molar-refractivity contribution >= 4 is 62.4 Å². The van der Waals surface area contributed by atoms with Crippen molar-refractivity contribution < 1.29 is 14.4 Å². The van der Waals surface area contributed by atoms with Crippen molar-refractivity contribution in [2.24, 2.45) is 11.8 Å². The second-order valence-corrected chi connectivity index (χ2v) is 8.77. The van der Waals surface area contributed by atoms with Crippen molar-refractivity contribution in [1.82, 2.24) is 4.90 Å². The number of hydrogen-bond acceptors (Lipinski definition) is 4. The van der Waals surface area contributed by atoms with Gasteiger partial charge in [-0.2, -0.15) is 0 Å². The maximum absolute atomic E-state index is 12.9. The van der Waals surface area contributed by atoms with E-state index in [9.17, 15) is 14.4 Å². The van der Waals surface area contributed by atoms with E-state index in [1.54, 1.807) is 30.3 Å². The molecule has 8 heteroatoms. The molecule has 0 aliphatic carbocycles. The van der Waals surface area contributed by atoms with Crippen molar-refractivity contribution in [3.63, 3.8) is 0 Å². The van der Waals surface area contributed by atoms with E-state index in [1.165, 1.54) is 4.90 Å². The summed E-state index contributed by atoms with van der Waals surface area (Å²) in [5.41, 5.74) is 0.993. The maximum atomic E-state index is 12.9. The Balaban J connectivity index is 1.47. The predicted octanol–water partition coefficient (Wildman–Crippen LogP) is 4.06. The normalized spacial score (nSPS) is 22.0. The van der Waals surface area contributed by atoms with Crippen LogP contribution in [0.15, 0.2) is 46.9 Å². The lowest BCUT2D eigenvalue weighted by Crippen LogP contribution is -2.37. The summed E-state index contributed by atoms with van der Waals surface area (Å²) in [6.45, 7) is 0.933. The highest BCUT2D eigenvalue weighted by Gasteiger charge is 2.53. The zero-order valence-corrected chi connectivity index (χ0v) is 17.7. The number of nitrogens with zero attached hydrogens (tertiary/aromatic N) is 2. The molecule has 2 amide bonds. The van der Waals surface area contributed by atoms with E-state index in [-0.39, 0.29) is 24.1 Å². The van der Waals surface area contributed by atoms with E-state index in [4.69, 9.17) is 23.2 Å². The van der Waals surface area contributed by atoms with Crippen LogP contribution in [0.4, 0.5) is 5.69 Å². The van der Waals surface area contributed by atoms with Gasteiger partial charge < -0.3 is 0 Å². The quantitative estimate of drug-likeness (QED) is 0.488. The minimum atomic E-state index is -0.456. The zero-order chi connectivity index (χ0) is 20.0. The topological polar surface area (TPSA) is 57.7 Å². The largest absolute Gasteiger partial charge is 0.294 e. The first-order chi connectivity index (χ1) is 13.3. The Morgan fingerprint density at radius 2 is 1.50 bits per heavy atom. The van der Waals surface area contributed by atoms with Crippen molar-refractivity contribution in [3.8, 4) is 0 Å². The number of rotatable bonds is 4. The number of ketones is 1. The Morgan fingerprint density at radius 3 is 2.04 bits per heavy atom.